The summed E-state index contributed by atoms with van der Waals surface area (Å²) < 4.78 is 0. The molecule has 1 aliphatic heterocycles. The van der Waals surface area contributed by atoms with Crippen LogP contribution in [0.3, 0.4) is 0 Å². The highest BCUT2D eigenvalue weighted by atomic mass is 16.2. The van der Waals surface area contributed by atoms with E-state index in [-0.39, 0.29) is 5.91 Å². The lowest BCUT2D eigenvalue weighted by Gasteiger charge is -2.39. The fourth-order valence-electron chi connectivity index (χ4n) is 5.29. The topological polar surface area (TPSA) is 59.4 Å². The van der Waals surface area contributed by atoms with Gasteiger partial charge in [-0.15, -0.1) is 0 Å². The molecule has 1 aliphatic carbocycles. The smallest absolute Gasteiger partial charge is 0.236 e. The summed E-state index contributed by atoms with van der Waals surface area (Å²) >= 11 is 0. The molecule has 2 aromatic carbocycles. The molecule has 4 rings (SSSR count). The van der Waals surface area contributed by atoms with Gasteiger partial charge in [-0.1, -0.05) is 48.5 Å². The first kappa shape index (κ1) is 23.5. The van der Waals surface area contributed by atoms with Gasteiger partial charge in [-0.25, -0.2) is 0 Å². The molecular weight excluding hydrogens is 408 g/mol. The number of carbonyl (C=O) groups excluding carboxylic acids is 1. The van der Waals surface area contributed by atoms with Crippen molar-refractivity contribution >= 4 is 5.91 Å². The SMILES string of the molecule is CN(CCCCC#N)C(=O)CNC1CCN(C2c3ccccc3CCc3ccccc32)CC1. The molecular formula is C28H36N4O. The molecule has 0 atom stereocenters. The minimum atomic E-state index is 0.140. The van der Waals surface area contributed by atoms with Crippen molar-refractivity contribution in [1.82, 2.24) is 15.1 Å². The molecule has 33 heavy (non-hydrogen) atoms. The highest BCUT2D eigenvalue weighted by molar-refractivity contribution is 5.77. The van der Waals surface area contributed by atoms with Crippen LogP contribution in [0.5, 0.6) is 0 Å². The standard InChI is InChI=1S/C28H36N4O/c1-31(18-8-2-7-17-29)27(33)21-30-24-15-19-32(20-16-24)28-25-11-5-3-9-22(25)13-14-23-10-4-6-12-26(23)28/h3-6,9-12,24,28,30H,2,7-8,13-16,18-21H2,1H3. The molecule has 1 N–H and O–H groups in total. The predicted molar refractivity (Wildman–Crippen MR) is 132 cm³/mol. The Bertz CT molecular complexity index is 926. The van der Waals surface area contributed by atoms with Crippen molar-refractivity contribution in [3.63, 3.8) is 0 Å². The second-order valence-corrected chi connectivity index (χ2v) is 9.42. The van der Waals surface area contributed by atoms with Gasteiger partial charge in [-0.2, -0.15) is 5.26 Å². The van der Waals surface area contributed by atoms with Crippen molar-refractivity contribution in [2.24, 2.45) is 0 Å². The molecule has 0 unspecified atom stereocenters. The Morgan fingerprint density at radius 1 is 1.03 bits per heavy atom. The summed E-state index contributed by atoms with van der Waals surface area (Å²) in [4.78, 5) is 16.9. The molecule has 1 amide bonds. The number of likely N-dealkylation sites (tertiary alicyclic amines) is 1. The second kappa shape index (κ2) is 11.4. The quantitative estimate of drug-likeness (QED) is 0.624. The van der Waals surface area contributed by atoms with Crippen molar-refractivity contribution in [3.05, 3.63) is 70.8 Å². The van der Waals surface area contributed by atoms with E-state index in [2.05, 4.69) is 64.8 Å². The van der Waals surface area contributed by atoms with Crippen molar-refractivity contribution in [2.75, 3.05) is 33.2 Å². The fraction of sp³-hybridized carbons (Fsp3) is 0.500. The third kappa shape index (κ3) is 5.82. The lowest BCUT2D eigenvalue weighted by molar-refractivity contribution is -0.129. The minimum absolute atomic E-state index is 0.140. The van der Waals surface area contributed by atoms with Crippen LogP contribution in [0.2, 0.25) is 0 Å². The molecule has 0 spiro atoms. The molecule has 0 radical (unpaired) electrons. The van der Waals surface area contributed by atoms with Gasteiger partial charge in [-0.05, 0) is 60.8 Å². The molecule has 1 fully saturated rings. The highest BCUT2D eigenvalue weighted by Gasteiger charge is 2.31. The van der Waals surface area contributed by atoms with E-state index in [9.17, 15) is 4.79 Å². The predicted octanol–water partition coefficient (Wildman–Crippen LogP) is 4.08. The van der Waals surface area contributed by atoms with Crippen LogP contribution in [0.25, 0.3) is 0 Å². The maximum atomic E-state index is 12.5. The van der Waals surface area contributed by atoms with Gasteiger partial charge in [0.2, 0.25) is 5.91 Å². The first-order valence-electron chi connectivity index (χ1n) is 12.4. The summed E-state index contributed by atoms with van der Waals surface area (Å²) in [5, 5.41) is 12.1. The first-order chi connectivity index (χ1) is 16.2. The molecule has 1 heterocycles. The number of aryl methyl sites for hydroxylation is 2. The van der Waals surface area contributed by atoms with E-state index in [0.717, 1.165) is 58.2 Å². The molecule has 0 saturated carbocycles. The Hall–Kier alpha value is -2.68. The van der Waals surface area contributed by atoms with E-state index < -0.39 is 0 Å². The summed E-state index contributed by atoms with van der Waals surface area (Å²) in [6.07, 6.45) is 6.63. The molecule has 174 valence electrons. The van der Waals surface area contributed by atoms with Gasteiger partial charge < -0.3 is 10.2 Å². The maximum absolute atomic E-state index is 12.5. The van der Waals surface area contributed by atoms with Crippen LogP contribution in [-0.2, 0) is 17.6 Å². The second-order valence-electron chi connectivity index (χ2n) is 9.42. The average molecular weight is 445 g/mol. The van der Waals surface area contributed by atoms with Gasteiger partial charge in [0.05, 0.1) is 18.7 Å². The third-order valence-electron chi connectivity index (χ3n) is 7.26. The molecule has 5 heteroatoms. The lowest BCUT2D eigenvalue weighted by atomic mass is 9.91. The monoisotopic (exact) mass is 444 g/mol. The molecule has 2 aliphatic rings. The fourth-order valence-corrected chi connectivity index (χ4v) is 5.29. The van der Waals surface area contributed by atoms with E-state index in [0.29, 0.717) is 25.0 Å². The summed E-state index contributed by atoms with van der Waals surface area (Å²) in [5.41, 5.74) is 5.87. The van der Waals surface area contributed by atoms with E-state index in [1.54, 1.807) is 4.90 Å². The number of unbranched alkanes of at least 4 members (excludes halogenated alkanes) is 2. The largest absolute Gasteiger partial charge is 0.345 e. The van der Waals surface area contributed by atoms with Gasteiger partial charge in [0, 0.05) is 39.1 Å². The summed E-state index contributed by atoms with van der Waals surface area (Å²) in [5.74, 6) is 0.140. The number of rotatable bonds is 8. The van der Waals surface area contributed by atoms with E-state index in [1.807, 2.05) is 7.05 Å². The summed E-state index contributed by atoms with van der Waals surface area (Å²) in [6.45, 7) is 3.18. The number of likely N-dealkylation sites (N-methyl/N-ethyl adjacent to an activating group) is 1. The van der Waals surface area contributed by atoms with E-state index in [1.165, 1.54) is 22.3 Å². The number of nitriles is 1. The highest BCUT2D eigenvalue weighted by Crippen LogP contribution is 2.37. The number of benzene rings is 2. The number of amides is 1. The molecule has 2 aromatic rings. The van der Waals surface area contributed by atoms with Crippen LogP contribution >= 0.6 is 0 Å². The Labute approximate surface area is 198 Å². The van der Waals surface area contributed by atoms with Gasteiger partial charge in [0.15, 0.2) is 0 Å². The van der Waals surface area contributed by atoms with Gasteiger partial charge >= 0.3 is 0 Å². The Kier molecular flexibility index (Phi) is 8.15. The number of piperidine rings is 1. The van der Waals surface area contributed by atoms with Crippen molar-refractivity contribution in [1.29, 1.82) is 5.26 Å². The van der Waals surface area contributed by atoms with Gasteiger partial charge in [0.1, 0.15) is 0 Å². The number of carbonyl (C=O) groups is 1. The van der Waals surface area contributed by atoms with Crippen LogP contribution < -0.4 is 5.32 Å². The summed E-state index contributed by atoms with van der Waals surface area (Å²) in [6, 6.07) is 20.8. The van der Waals surface area contributed by atoms with Crippen LogP contribution in [0.4, 0.5) is 0 Å². The first-order valence-corrected chi connectivity index (χ1v) is 12.4. The van der Waals surface area contributed by atoms with Crippen LogP contribution in [0.15, 0.2) is 48.5 Å². The van der Waals surface area contributed by atoms with Gasteiger partial charge in [0.25, 0.3) is 0 Å². The number of fused-ring (bicyclic) bond motifs is 2. The average Bonchev–Trinajstić information content (AvgIpc) is 3.02. The van der Waals surface area contributed by atoms with Gasteiger partial charge in [-0.3, -0.25) is 9.69 Å². The molecule has 0 aromatic heterocycles. The van der Waals surface area contributed by atoms with Crippen LogP contribution in [0.1, 0.15) is 60.4 Å². The van der Waals surface area contributed by atoms with Crippen molar-refractivity contribution in [3.8, 4) is 6.07 Å². The van der Waals surface area contributed by atoms with Crippen molar-refractivity contribution in [2.45, 2.75) is 57.0 Å². The Balaban J connectivity index is 1.34. The zero-order chi connectivity index (χ0) is 23.0. The maximum Gasteiger partial charge on any atom is 0.236 e. The third-order valence-corrected chi connectivity index (χ3v) is 7.26. The van der Waals surface area contributed by atoms with Crippen molar-refractivity contribution < 1.29 is 4.79 Å². The Morgan fingerprint density at radius 2 is 1.64 bits per heavy atom. The zero-order valence-electron chi connectivity index (χ0n) is 19.8. The summed E-state index contributed by atoms with van der Waals surface area (Å²) in [7, 11) is 1.86. The molecule has 0 bridgehead atoms. The zero-order valence-corrected chi connectivity index (χ0v) is 19.8. The normalized spacial score (nSPS) is 17.0. The number of hydrogen-bond donors (Lipinski definition) is 1. The van der Waals surface area contributed by atoms with Crippen LogP contribution in [0, 0.1) is 11.3 Å². The minimum Gasteiger partial charge on any atom is -0.345 e. The molecule has 5 nitrogen and oxygen atoms in total. The molecule has 1 saturated heterocycles. The van der Waals surface area contributed by atoms with E-state index in [4.69, 9.17) is 5.26 Å². The number of hydrogen-bond acceptors (Lipinski definition) is 4. The Morgan fingerprint density at radius 3 is 2.24 bits per heavy atom. The number of nitrogens with one attached hydrogen (secondary N) is 1. The number of nitrogens with zero attached hydrogens (tertiary/aromatic N) is 3. The van der Waals surface area contributed by atoms with Crippen LogP contribution in [-0.4, -0.2) is 55.0 Å². The van der Waals surface area contributed by atoms with E-state index >= 15 is 0 Å². The lowest BCUT2D eigenvalue weighted by Crippen LogP contribution is -2.47.